The molecule has 1 unspecified atom stereocenters. The minimum Gasteiger partial charge on any atom is -0.494 e. The van der Waals surface area contributed by atoms with Crippen molar-refractivity contribution in [2.24, 2.45) is 0 Å². The van der Waals surface area contributed by atoms with Crippen molar-refractivity contribution < 1.29 is 14.3 Å². The first-order chi connectivity index (χ1) is 13.0. The number of carbonyl (C=O) groups is 2. The third kappa shape index (κ3) is 4.41. The molecule has 7 heteroatoms. The summed E-state index contributed by atoms with van der Waals surface area (Å²) in [6, 6.07) is 13.2. The average molecular weight is 386 g/mol. The van der Waals surface area contributed by atoms with E-state index in [1.54, 1.807) is 49.4 Å². The van der Waals surface area contributed by atoms with Crippen LogP contribution >= 0.6 is 11.6 Å². The van der Waals surface area contributed by atoms with Gasteiger partial charge >= 0.3 is 6.03 Å². The van der Waals surface area contributed by atoms with Gasteiger partial charge in [0.05, 0.1) is 18.2 Å². The smallest absolute Gasteiger partial charge is 0.319 e. The van der Waals surface area contributed by atoms with Crippen LogP contribution in [0.5, 0.6) is 5.75 Å². The second-order valence-electron chi connectivity index (χ2n) is 6.04. The van der Waals surface area contributed by atoms with Gasteiger partial charge in [0.1, 0.15) is 5.75 Å². The second kappa shape index (κ2) is 8.14. The monoisotopic (exact) mass is 385 g/mol. The number of hydrogen-bond donors (Lipinski definition) is 3. The topological polar surface area (TPSA) is 79.5 Å². The molecule has 2 aromatic rings. The lowest BCUT2D eigenvalue weighted by Crippen LogP contribution is -2.45. The van der Waals surface area contributed by atoms with Crippen LogP contribution in [-0.2, 0) is 4.79 Å². The van der Waals surface area contributed by atoms with Gasteiger partial charge in [-0.25, -0.2) is 4.79 Å². The fourth-order valence-corrected chi connectivity index (χ4v) is 3.13. The molecule has 27 heavy (non-hydrogen) atoms. The number of nitrogens with one attached hydrogen (secondary N) is 3. The van der Waals surface area contributed by atoms with Crippen LogP contribution < -0.4 is 20.7 Å². The molecule has 140 valence electrons. The molecule has 0 radical (unpaired) electrons. The molecule has 0 saturated heterocycles. The zero-order valence-electron chi connectivity index (χ0n) is 15.0. The molecule has 0 spiro atoms. The minimum absolute atomic E-state index is 0.311. The number of hydrogen-bond acceptors (Lipinski definition) is 3. The molecule has 2 aromatic carbocycles. The third-order valence-corrected chi connectivity index (χ3v) is 4.35. The SMILES string of the molecule is CCOc1ccc(NC(=O)C2=C(C)NC(=O)NC2c2cccc(Cl)c2)cc1. The number of allylic oxidation sites excluding steroid dienone is 1. The fraction of sp³-hybridized carbons (Fsp3) is 0.200. The summed E-state index contributed by atoms with van der Waals surface area (Å²) in [6.07, 6.45) is 0. The molecule has 3 amide bonds. The first kappa shape index (κ1) is 18.8. The summed E-state index contributed by atoms with van der Waals surface area (Å²) in [6.45, 7) is 4.18. The van der Waals surface area contributed by atoms with Crippen molar-refractivity contribution in [3.63, 3.8) is 0 Å². The van der Waals surface area contributed by atoms with Crippen molar-refractivity contribution in [1.29, 1.82) is 0 Å². The van der Waals surface area contributed by atoms with E-state index in [0.29, 0.717) is 28.6 Å². The number of anilines is 1. The predicted molar refractivity (Wildman–Crippen MR) is 105 cm³/mol. The van der Waals surface area contributed by atoms with Gasteiger partial charge in [-0.15, -0.1) is 0 Å². The number of amides is 3. The Morgan fingerprint density at radius 1 is 1.22 bits per heavy atom. The van der Waals surface area contributed by atoms with Crippen LogP contribution in [0.4, 0.5) is 10.5 Å². The Morgan fingerprint density at radius 2 is 1.96 bits per heavy atom. The van der Waals surface area contributed by atoms with Gasteiger partial charge in [-0.3, -0.25) is 4.79 Å². The van der Waals surface area contributed by atoms with Gasteiger partial charge in [0, 0.05) is 16.4 Å². The number of rotatable bonds is 5. The summed E-state index contributed by atoms with van der Waals surface area (Å²) in [5.41, 5.74) is 2.27. The molecule has 3 N–H and O–H groups in total. The van der Waals surface area contributed by atoms with E-state index in [1.165, 1.54) is 0 Å². The minimum atomic E-state index is -0.597. The van der Waals surface area contributed by atoms with E-state index in [4.69, 9.17) is 16.3 Å². The van der Waals surface area contributed by atoms with E-state index in [9.17, 15) is 9.59 Å². The van der Waals surface area contributed by atoms with Gasteiger partial charge in [0.2, 0.25) is 0 Å². The maximum Gasteiger partial charge on any atom is 0.319 e. The number of ether oxygens (including phenoxy) is 1. The van der Waals surface area contributed by atoms with Crippen LogP contribution in [0, 0.1) is 0 Å². The molecule has 1 aliphatic heterocycles. The van der Waals surface area contributed by atoms with Gasteiger partial charge in [0.15, 0.2) is 0 Å². The van der Waals surface area contributed by atoms with Crippen molar-refractivity contribution in [1.82, 2.24) is 10.6 Å². The Kier molecular flexibility index (Phi) is 5.66. The Bertz CT molecular complexity index is 894. The van der Waals surface area contributed by atoms with Crippen molar-refractivity contribution >= 4 is 29.2 Å². The van der Waals surface area contributed by atoms with E-state index in [0.717, 1.165) is 11.3 Å². The Hall–Kier alpha value is -2.99. The zero-order valence-corrected chi connectivity index (χ0v) is 15.8. The van der Waals surface area contributed by atoms with Crippen LogP contribution in [0.15, 0.2) is 59.8 Å². The van der Waals surface area contributed by atoms with Crippen LogP contribution in [0.1, 0.15) is 25.5 Å². The van der Waals surface area contributed by atoms with Gasteiger partial charge in [0.25, 0.3) is 5.91 Å². The summed E-state index contributed by atoms with van der Waals surface area (Å²) >= 11 is 6.08. The maximum atomic E-state index is 12.9. The van der Waals surface area contributed by atoms with Gasteiger partial charge in [-0.05, 0) is 55.8 Å². The molecule has 0 bridgehead atoms. The molecular formula is C20H20ClN3O3. The number of carbonyl (C=O) groups excluding carboxylic acids is 2. The van der Waals surface area contributed by atoms with Crippen LogP contribution in [0.2, 0.25) is 5.02 Å². The first-order valence-electron chi connectivity index (χ1n) is 8.56. The summed E-state index contributed by atoms with van der Waals surface area (Å²) in [7, 11) is 0. The molecule has 1 atom stereocenters. The lowest BCUT2D eigenvalue weighted by atomic mass is 9.95. The Morgan fingerprint density at radius 3 is 2.63 bits per heavy atom. The lowest BCUT2D eigenvalue weighted by molar-refractivity contribution is -0.113. The van der Waals surface area contributed by atoms with Crippen molar-refractivity contribution in [2.45, 2.75) is 19.9 Å². The van der Waals surface area contributed by atoms with Gasteiger partial charge < -0.3 is 20.7 Å². The predicted octanol–water partition coefficient (Wildman–Crippen LogP) is 4.01. The molecule has 0 fully saturated rings. The maximum absolute atomic E-state index is 12.9. The quantitative estimate of drug-likeness (QED) is 0.727. The summed E-state index contributed by atoms with van der Waals surface area (Å²) in [5, 5.41) is 8.83. The number of halogens is 1. The van der Waals surface area contributed by atoms with Crippen LogP contribution in [0.25, 0.3) is 0 Å². The van der Waals surface area contributed by atoms with Crippen molar-refractivity contribution in [3.8, 4) is 5.75 Å². The highest BCUT2D eigenvalue weighted by Gasteiger charge is 2.31. The van der Waals surface area contributed by atoms with Crippen molar-refractivity contribution in [3.05, 3.63) is 70.4 Å². The van der Waals surface area contributed by atoms with E-state index >= 15 is 0 Å². The normalized spacial score (nSPS) is 16.4. The standard InChI is InChI=1S/C20H20ClN3O3/c1-3-27-16-9-7-15(8-10-16)23-19(25)17-12(2)22-20(26)24-18(17)13-5-4-6-14(21)11-13/h4-11,18H,3H2,1-2H3,(H,23,25)(H2,22,24,26). The number of urea groups is 1. The summed E-state index contributed by atoms with van der Waals surface area (Å²) < 4.78 is 5.41. The highest BCUT2D eigenvalue weighted by molar-refractivity contribution is 6.30. The second-order valence-corrected chi connectivity index (χ2v) is 6.47. The van der Waals surface area contributed by atoms with E-state index in [-0.39, 0.29) is 11.9 Å². The molecule has 3 rings (SSSR count). The third-order valence-electron chi connectivity index (χ3n) is 4.12. The molecule has 1 aliphatic rings. The van der Waals surface area contributed by atoms with Gasteiger partial charge in [-0.1, -0.05) is 23.7 Å². The van der Waals surface area contributed by atoms with Gasteiger partial charge in [-0.2, -0.15) is 0 Å². The van der Waals surface area contributed by atoms with E-state index < -0.39 is 6.04 Å². The lowest BCUT2D eigenvalue weighted by Gasteiger charge is -2.28. The highest BCUT2D eigenvalue weighted by Crippen LogP contribution is 2.29. The van der Waals surface area contributed by atoms with E-state index in [1.807, 2.05) is 13.0 Å². The van der Waals surface area contributed by atoms with Crippen LogP contribution in [-0.4, -0.2) is 18.5 Å². The summed E-state index contributed by atoms with van der Waals surface area (Å²) in [4.78, 5) is 24.9. The molecule has 1 heterocycles. The van der Waals surface area contributed by atoms with Crippen molar-refractivity contribution in [2.75, 3.05) is 11.9 Å². The number of benzene rings is 2. The Balaban J connectivity index is 1.87. The molecule has 0 aromatic heterocycles. The van der Waals surface area contributed by atoms with E-state index in [2.05, 4.69) is 16.0 Å². The molecule has 0 saturated carbocycles. The molecule has 0 aliphatic carbocycles. The molecule has 6 nitrogen and oxygen atoms in total. The fourth-order valence-electron chi connectivity index (χ4n) is 2.93. The zero-order chi connectivity index (χ0) is 19.4. The molecular weight excluding hydrogens is 366 g/mol. The average Bonchev–Trinajstić information content (AvgIpc) is 2.63. The van der Waals surface area contributed by atoms with Crippen LogP contribution in [0.3, 0.4) is 0 Å². The largest absolute Gasteiger partial charge is 0.494 e. The Labute approximate surface area is 162 Å². The summed E-state index contributed by atoms with van der Waals surface area (Å²) in [5.74, 6) is 0.420. The first-order valence-corrected chi connectivity index (χ1v) is 8.93. The highest BCUT2D eigenvalue weighted by atomic mass is 35.5.